The molecule has 146 valence electrons. The van der Waals surface area contributed by atoms with Crippen LogP contribution in [0.25, 0.3) is 0 Å². The van der Waals surface area contributed by atoms with Crippen LogP contribution in [0.3, 0.4) is 0 Å². The number of carbonyl (C=O) groups excluding carboxylic acids is 1. The van der Waals surface area contributed by atoms with E-state index in [9.17, 15) is 13.6 Å². The number of ether oxygens (including phenoxy) is 1. The highest BCUT2D eigenvalue weighted by Gasteiger charge is 2.11. The lowest BCUT2D eigenvalue weighted by atomic mass is 10.3. The van der Waals surface area contributed by atoms with Crippen LogP contribution in [0.15, 0.2) is 47.4 Å². The van der Waals surface area contributed by atoms with Gasteiger partial charge >= 0.3 is 0 Å². The zero-order valence-corrected chi connectivity index (χ0v) is 16.3. The van der Waals surface area contributed by atoms with Crippen LogP contribution in [0.2, 0.25) is 0 Å². The zero-order chi connectivity index (χ0) is 19.6. The predicted octanol–water partition coefficient (Wildman–Crippen LogP) is 4.42. The Morgan fingerprint density at radius 1 is 1.15 bits per heavy atom. The molecule has 0 aromatic heterocycles. The number of nitrogens with zero attached hydrogens (tertiary/aromatic N) is 1. The normalized spacial score (nSPS) is 10.9. The van der Waals surface area contributed by atoms with E-state index < -0.39 is 11.6 Å². The first-order chi connectivity index (χ1) is 13.0. The van der Waals surface area contributed by atoms with Crippen LogP contribution >= 0.6 is 11.8 Å². The van der Waals surface area contributed by atoms with Crippen LogP contribution in [-0.4, -0.2) is 42.8 Å². The third-order valence-electron chi connectivity index (χ3n) is 3.97. The van der Waals surface area contributed by atoms with Gasteiger partial charge in [-0.3, -0.25) is 4.79 Å². The molecule has 2 aromatic rings. The number of anilines is 1. The minimum Gasteiger partial charge on any atom is -0.490 e. The molecule has 0 saturated heterocycles. The number of thioether (sulfide) groups is 1. The van der Waals surface area contributed by atoms with Gasteiger partial charge < -0.3 is 15.0 Å². The number of amides is 1. The van der Waals surface area contributed by atoms with Crippen molar-refractivity contribution in [3.8, 4) is 5.75 Å². The van der Waals surface area contributed by atoms with Crippen molar-refractivity contribution in [3.05, 3.63) is 54.1 Å². The first-order valence-corrected chi connectivity index (χ1v) is 9.84. The molecule has 0 unspecified atom stereocenters. The van der Waals surface area contributed by atoms with E-state index in [-0.39, 0.29) is 16.6 Å². The standard InChI is InChI=1S/C20H24F2N2O2S/c1-3-24(4-2)11-12-26-18-8-6-5-7-17(18)23-20(25)14-27-19-10-9-15(21)13-16(19)22/h5-10,13H,3-4,11-12,14H2,1-2H3,(H,23,25). The molecule has 1 N–H and O–H groups in total. The van der Waals surface area contributed by atoms with Gasteiger partial charge in [-0.15, -0.1) is 11.8 Å². The largest absolute Gasteiger partial charge is 0.490 e. The lowest BCUT2D eigenvalue weighted by molar-refractivity contribution is -0.113. The third-order valence-corrected chi connectivity index (χ3v) is 5.02. The number of hydrogen-bond donors (Lipinski definition) is 1. The molecule has 0 bridgehead atoms. The predicted molar refractivity (Wildman–Crippen MR) is 105 cm³/mol. The number of rotatable bonds is 10. The molecular weight excluding hydrogens is 370 g/mol. The SMILES string of the molecule is CCN(CC)CCOc1ccccc1NC(=O)CSc1ccc(F)cc1F. The molecule has 0 radical (unpaired) electrons. The van der Waals surface area contributed by atoms with E-state index in [0.29, 0.717) is 18.0 Å². The Labute approximate surface area is 162 Å². The number of likely N-dealkylation sites (N-methyl/N-ethyl adjacent to an activating group) is 1. The molecule has 0 fully saturated rings. The molecule has 0 aliphatic rings. The summed E-state index contributed by atoms with van der Waals surface area (Å²) in [6, 6.07) is 10.5. The Hall–Kier alpha value is -2.12. The summed E-state index contributed by atoms with van der Waals surface area (Å²) >= 11 is 1.02. The van der Waals surface area contributed by atoms with Gasteiger partial charge in [-0.25, -0.2) is 8.78 Å². The van der Waals surface area contributed by atoms with Gasteiger partial charge in [-0.2, -0.15) is 0 Å². The van der Waals surface area contributed by atoms with Crippen LogP contribution in [-0.2, 0) is 4.79 Å². The molecule has 0 saturated carbocycles. The Morgan fingerprint density at radius 2 is 1.89 bits per heavy atom. The molecule has 0 aliphatic heterocycles. The number of halogens is 2. The number of para-hydroxylation sites is 2. The van der Waals surface area contributed by atoms with Gasteiger partial charge in [0.15, 0.2) is 0 Å². The second-order valence-electron chi connectivity index (χ2n) is 5.78. The maximum atomic E-state index is 13.6. The van der Waals surface area contributed by atoms with E-state index in [1.807, 2.05) is 6.07 Å². The van der Waals surface area contributed by atoms with E-state index in [2.05, 4.69) is 24.1 Å². The fraction of sp³-hybridized carbons (Fsp3) is 0.350. The maximum Gasteiger partial charge on any atom is 0.234 e. The Kier molecular flexibility index (Phi) is 8.54. The van der Waals surface area contributed by atoms with Gasteiger partial charge in [0.1, 0.15) is 24.0 Å². The van der Waals surface area contributed by atoms with E-state index in [1.54, 1.807) is 18.2 Å². The van der Waals surface area contributed by atoms with Crippen LogP contribution in [0.5, 0.6) is 5.75 Å². The second-order valence-corrected chi connectivity index (χ2v) is 6.80. The van der Waals surface area contributed by atoms with Crippen LogP contribution in [0.4, 0.5) is 14.5 Å². The highest BCUT2D eigenvalue weighted by Crippen LogP contribution is 2.26. The molecule has 2 rings (SSSR count). The molecule has 0 atom stereocenters. The Morgan fingerprint density at radius 3 is 2.59 bits per heavy atom. The summed E-state index contributed by atoms with van der Waals surface area (Å²) in [5, 5.41) is 2.78. The third kappa shape index (κ3) is 6.84. The minimum absolute atomic E-state index is 0.0103. The van der Waals surface area contributed by atoms with Crippen molar-refractivity contribution >= 4 is 23.4 Å². The summed E-state index contributed by atoms with van der Waals surface area (Å²) in [6.45, 7) is 7.42. The lowest BCUT2D eigenvalue weighted by Crippen LogP contribution is -2.28. The van der Waals surface area contributed by atoms with Gasteiger partial charge in [0.05, 0.1) is 11.4 Å². The van der Waals surface area contributed by atoms with Crippen molar-refractivity contribution in [2.24, 2.45) is 0 Å². The van der Waals surface area contributed by atoms with Crippen molar-refractivity contribution in [1.82, 2.24) is 4.90 Å². The summed E-state index contributed by atoms with van der Waals surface area (Å²) in [6.07, 6.45) is 0. The highest BCUT2D eigenvalue weighted by atomic mass is 32.2. The van der Waals surface area contributed by atoms with Crippen LogP contribution in [0.1, 0.15) is 13.8 Å². The Bertz CT molecular complexity index is 755. The number of nitrogens with one attached hydrogen (secondary N) is 1. The molecule has 4 nitrogen and oxygen atoms in total. The van der Waals surface area contributed by atoms with E-state index in [0.717, 1.165) is 37.5 Å². The van der Waals surface area contributed by atoms with Crippen molar-refractivity contribution in [2.75, 3.05) is 37.3 Å². The van der Waals surface area contributed by atoms with E-state index >= 15 is 0 Å². The molecule has 7 heteroatoms. The molecule has 2 aromatic carbocycles. The quantitative estimate of drug-likeness (QED) is 0.606. The first-order valence-electron chi connectivity index (χ1n) is 8.85. The molecule has 0 spiro atoms. The van der Waals surface area contributed by atoms with Crippen LogP contribution < -0.4 is 10.1 Å². The zero-order valence-electron chi connectivity index (χ0n) is 15.5. The van der Waals surface area contributed by atoms with Crippen molar-refractivity contribution < 1.29 is 18.3 Å². The molecule has 27 heavy (non-hydrogen) atoms. The van der Waals surface area contributed by atoms with E-state index in [4.69, 9.17) is 4.74 Å². The minimum atomic E-state index is -0.673. The summed E-state index contributed by atoms with van der Waals surface area (Å²) in [4.78, 5) is 14.7. The van der Waals surface area contributed by atoms with Gasteiger partial charge in [0.25, 0.3) is 0 Å². The average molecular weight is 394 g/mol. The first kappa shape index (κ1) is 21.2. The van der Waals surface area contributed by atoms with Crippen molar-refractivity contribution in [2.45, 2.75) is 18.7 Å². The molecule has 1 amide bonds. The van der Waals surface area contributed by atoms with Gasteiger partial charge in [-0.1, -0.05) is 26.0 Å². The van der Waals surface area contributed by atoms with Gasteiger partial charge in [-0.05, 0) is 37.4 Å². The lowest BCUT2D eigenvalue weighted by Gasteiger charge is -2.19. The van der Waals surface area contributed by atoms with E-state index in [1.165, 1.54) is 12.1 Å². The summed E-state index contributed by atoms with van der Waals surface area (Å²) in [7, 11) is 0. The van der Waals surface area contributed by atoms with Gasteiger partial charge in [0.2, 0.25) is 5.91 Å². The van der Waals surface area contributed by atoms with Crippen molar-refractivity contribution in [3.63, 3.8) is 0 Å². The van der Waals surface area contributed by atoms with Crippen molar-refractivity contribution in [1.29, 1.82) is 0 Å². The highest BCUT2D eigenvalue weighted by molar-refractivity contribution is 8.00. The fourth-order valence-corrected chi connectivity index (χ4v) is 3.16. The number of hydrogen-bond acceptors (Lipinski definition) is 4. The second kappa shape index (κ2) is 10.9. The summed E-state index contributed by atoms with van der Waals surface area (Å²) in [5.41, 5.74) is 0.572. The number of carbonyl (C=O) groups is 1. The summed E-state index contributed by atoms with van der Waals surface area (Å²) in [5.74, 6) is -0.999. The smallest absolute Gasteiger partial charge is 0.234 e. The molecule has 0 aliphatic carbocycles. The number of benzene rings is 2. The maximum absolute atomic E-state index is 13.6. The molecule has 0 heterocycles. The monoisotopic (exact) mass is 394 g/mol. The summed E-state index contributed by atoms with van der Waals surface area (Å²) < 4.78 is 32.4. The molecular formula is C20H24F2N2O2S. The van der Waals surface area contributed by atoms with Gasteiger partial charge in [0, 0.05) is 17.5 Å². The van der Waals surface area contributed by atoms with Crippen LogP contribution in [0, 0.1) is 11.6 Å². The Balaban J connectivity index is 1.89. The average Bonchev–Trinajstić information content (AvgIpc) is 2.66. The topological polar surface area (TPSA) is 41.6 Å². The fourth-order valence-electron chi connectivity index (χ4n) is 2.44.